The van der Waals surface area contributed by atoms with Crippen LogP contribution in [0.2, 0.25) is 0 Å². The van der Waals surface area contributed by atoms with E-state index in [2.05, 4.69) is 36.8 Å². The number of hydrogen-bond acceptors (Lipinski definition) is 6. The molecule has 0 aliphatic heterocycles. The molecule has 0 bridgehead atoms. The van der Waals surface area contributed by atoms with Crippen LogP contribution in [0.15, 0.2) is 81.7 Å². The van der Waals surface area contributed by atoms with Crippen LogP contribution < -0.4 is 15.5 Å². The Bertz CT molecular complexity index is 1460. The van der Waals surface area contributed by atoms with Crippen LogP contribution in [0.4, 0.5) is 28.4 Å². The highest BCUT2D eigenvalue weighted by Gasteiger charge is 2.30. The summed E-state index contributed by atoms with van der Waals surface area (Å²) in [5, 5.41) is 8.79. The number of ether oxygens (including phenoxy) is 1. The first-order valence-electron chi connectivity index (χ1n) is 11.0. The van der Waals surface area contributed by atoms with Gasteiger partial charge in [-0.05, 0) is 54.1 Å². The van der Waals surface area contributed by atoms with Crippen molar-refractivity contribution in [2.24, 2.45) is 5.10 Å². The summed E-state index contributed by atoms with van der Waals surface area (Å²) < 4.78 is 58.7. The predicted octanol–water partition coefficient (Wildman–Crippen LogP) is 7.08. The lowest BCUT2D eigenvalue weighted by Gasteiger charge is -2.10. The number of amides is 1. The third kappa shape index (κ3) is 7.86. The summed E-state index contributed by atoms with van der Waals surface area (Å²) in [6.07, 6.45) is -3.11. The van der Waals surface area contributed by atoms with Crippen molar-refractivity contribution < 1.29 is 27.1 Å². The van der Waals surface area contributed by atoms with Crippen molar-refractivity contribution in [2.45, 2.75) is 19.2 Å². The number of carbonyl (C=O) groups excluding carboxylic acids is 1. The van der Waals surface area contributed by atoms with E-state index in [0.717, 1.165) is 27.9 Å². The first-order valence-corrected chi connectivity index (χ1v) is 12.7. The van der Waals surface area contributed by atoms with Crippen LogP contribution in [-0.4, -0.2) is 17.1 Å². The summed E-state index contributed by atoms with van der Waals surface area (Å²) in [4.78, 5) is 16.6. The van der Waals surface area contributed by atoms with Crippen LogP contribution in [0.25, 0.3) is 0 Å². The number of benzene rings is 3. The molecule has 0 saturated carbocycles. The first-order chi connectivity index (χ1) is 18.2. The standard InChI is InChI=1S/C26H19BrF4N4O2S/c27-19-7-8-23(37-14-16-3-1-5-20(28)9-16)17(10-19)13-32-35-24(36)12-22-15-38-25(34-22)33-21-6-2-4-18(11-21)26(29,30)31/h1-11,13,15H,12,14H2,(H,33,34)(H,35,36)/b32-13-. The molecule has 1 aromatic heterocycles. The van der Waals surface area contributed by atoms with Crippen LogP contribution in [0.5, 0.6) is 5.75 Å². The van der Waals surface area contributed by atoms with E-state index in [1.807, 2.05) is 0 Å². The highest BCUT2D eigenvalue weighted by molar-refractivity contribution is 9.10. The maximum absolute atomic E-state index is 13.4. The smallest absolute Gasteiger partial charge is 0.416 e. The lowest BCUT2D eigenvalue weighted by atomic mass is 10.2. The van der Waals surface area contributed by atoms with Gasteiger partial charge in [0.25, 0.3) is 0 Å². The summed E-state index contributed by atoms with van der Waals surface area (Å²) in [7, 11) is 0. The number of anilines is 2. The van der Waals surface area contributed by atoms with Gasteiger partial charge < -0.3 is 10.1 Å². The Morgan fingerprint density at radius 3 is 2.71 bits per heavy atom. The molecule has 0 aliphatic rings. The SMILES string of the molecule is O=C(Cc1csc(Nc2cccc(C(F)(F)F)c2)n1)N/N=C\c1cc(Br)ccc1OCc1cccc(F)c1. The molecule has 12 heteroatoms. The van der Waals surface area contributed by atoms with E-state index in [9.17, 15) is 22.4 Å². The second kappa shape index (κ2) is 12.2. The predicted molar refractivity (Wildman–Crippen MR) is 141 cm³/mol. The molecule has 1 heterocycles. The topological polar surface area (TPSA) is 75.6 Å². The molecule has 6 nitrogen and oxygen atoms in total. The molecule has 0 unspecified atom stereocenters. The number of nitrogens with zero attached hydrogens (tertiary/aromatic N) is 2. The molecule has 0 saturated heterocycles. The number of nitrogens with one attached hydrogen (secondary N) is 2. The number of aromatic nitrogens is 1. The van der Waals surface area contributed by atoms with Crippen molar-refractivity contribution in [3.05, 3.63) is 105 Å². The minimum absolute atomic E-state index is 0.0838. The molecule has 0 spiro atoms. The van der Waals surface area contributed by atoms with Gasteiger partial charge in [0.2, 0.25) is 5.91 Å². The number of carbonyl (C=O) groups is 1. The van der Waals surface area contributed by atoms with Gasteiger partial charge in [-0.1, -0.05) is 34.1 Å². The molecule has 0 radical (unpaired) electrons. The van der Waals surface area contributed by atoms with Gasteiger partial charge in [0.05, 0.1) is 23.9 Å². The monoisotopic (exact) mass is 606 g/mol. The Hall–Kier alpha value is -3.77. The normalized spacial score (nSPS) is 11.5. The Labute approximate surface area is 227 Å². The third-order valence-corrected chi connectivity index (χ3v) is 6.28. The minimum Gasteiger partial charge on any atom is -0.488 e. The fraction of sp³-hybridized carbons (Fsp3) is 0.115. The van der Waals surface area contributed by atoms with Gasteiger partial charge in [-0.2, -0.15) is 18.3 Å². The number of thiazole rings is 1. The van der Waals surface area contributed by atoms with Gasteiger partial charge in [0, 0.05) is 21.1 Å². The van der Waals surface area contributed by atoms with Crippen LogP contribution >= 0.6 is 27.3 Å². The van der Waals surface area contributed by atoms with Crippen molar-refractivity contribution >= 4 is 50.2 Å². The molecule has 0 atom stereocenters. The van der Waals surface area contributed by atoms with Gasteiger partial charge in [0.1, 0.15) is 18.2 Å². The van der Waals surface area contributed by atoms with Crippen LogP contribution in [0.1, 0.15) is 22.4 Å². The van der Waals surface area contributed by atoms with Gasteiger partial charge in [0.15, 0.2) is 5.13 Å². The van der Waals surface area contributed by atoms with E-state index in [4.69, 9.17) is 4.74 Å². The van der Waals surface area contributed by atoms with Crippen molar-refractivity contribution in [1.82, 2.24) is 10.4 Å². The van der Waals surface area contributed by atoms with Crippen molar-refractivity contribution in [3.8, 4) is 5.75 Å². The summed E-state index contributed by atoms with van der Waals surface area (Å²) in [6, 6.07) is 16.1. The molecule has 1 amide bonds. The lowest BCUT2D eigenvalue weighted by Crippen LogP contribution is -2.20. The summed E-state index contributed by atoms with van der Waals surface area (Å²) in [5.41, 5.74) is 3.55. The molecule has 4 rings (SSSR count). The van der Waals surface area contributed by atoms with Gasteiger partial charge >= 0.3 is 6.18 Å². The van der Waals surface area contributed by atoms with Crippen LogP contribution in [0, 0.1) is 5.82 Å². The fourth-order valence-electron chi connectivity index (χ4n) is 3.26. The van der Waals surface area contributed by atoms with E-state index in [0.29, 0.717) is 27.7 Å². The molecular weight excluding hydrogens is 588 g/mol. The molecule has 196 valence electrons. The van der Waals surface area contributed by atoms with E-state index in [-0.39, 0.29) is 24.5 Å². The van der Waals surface area contributed by atoms with Crippen LogP contribution in [-0.2, 0) is 24.0 Å². The Kier molecular flexibility index (Phi) is 8.74. The maximum atomic E-state index is 13.4. The third-order valence-electron chi connectivity index (χ3n) is 4.98. The van der Waals surface area contributed by atoms with Gasteiger partial charge in [-0.25, -0.2) is 14.8 Å². The Morgan fingerprint density at radius 2 is 1.92 bits per heavy atom. The molecule has 0 fully saturated rings. The Morgan fingerprint density at radius 1 is 1.11 bits per heavy atom. The number of hydrazone groups is 1. The second-order valence-electron chi connectivity index (χ2n) is 7.92. The van der Waals surface area contributed by atoms with E-state index < -0.39 is 17.6 Å². The van der Waals surface area contributed by atoms with Gasteiger partial charge in [-0.15, -0.1) is 11.3 Å². The first kappa shape index (κ1) is 27.3. The summed E-state index contributed by atoms with van der Waals surface area (Å²) in [5.74, 6) is -0.306. The average molecular weight is 607 g/mol. The zero-order valence-corrected chi connectivity index (χ0v) is 21.8. The molecule has 3 aromatic carbocycles. The highest BCUT2D eigenvalue weighted by Crippen LogP contribution is 2.32. The highest BCUT2D eigenvalue weighted by atomic mass is 79.9. The second-order valence-corrected chi connectivity index (χ2v) is 9.69. The number of hydrogen-bond donors (Lipinski definition) is 2. The van der Waals surface area contributed by atoms with Crippen molar-refractivity contribution in [2.75, 3.05) is 5.32 Å². The van der Waals surface area contributed by atoms with Gasteiger partial charge in [-0.3, -0.25) is 4.79 Å². The average Bonchev–Trinajstić information content (AvgIpc) is 3.29. The maximum Gasteiger partial charge on any atom is 0.416 e. The Balaban J connectivity index is 1.33. The molecule has 2 N–H and O–H groups in total. The molecule has 38 heavy (non-hydrogen) atoms. The summed E-state index contributed by atoms with van der Waals surface area (Å²) >= 11 is 4.54. The lowest BCUT2D eigenvalue weighted by molar-refractivity contribution is -0.137. The van der Waals surface area contributed by atoms with E-state index >= 15 is 0 Å². The van der Waals surface area contributed by atoms with E-state index in [1.165, 1.54) is 30.5 Å². The number of alkyl halides is 3. The number of halogens is 5. The molecular formula is C26H19BrF4N4O2S. The fourth-order valence-corrected chi connectivity index (χ4v) is 4.37. The largest absolute Gasteiger partial charge is 0.488 e. The molecule has 4 aromatic rings. The quantitative estimate of drug-likeness (QED) is 0.121. The zero-order valence-electron chi connectivity index (χ0n) is 19.4. The van der Waals surface area contributed by atoms with E-state index in [1.54, 1.807) is 35.7 Å². The number of rotatable bonds is 9. The zero-order chi connectivity index (χ0) is 27.1. The van der Waals surface area contributed by atoms with Crippen LogP contribution in [0.3, 0.4) is 0 Å². The van der Waals surface area contributed by atoms with Crippen molar-refractivity contribution in [3.63, 3.8) is 0 Å². The molecule has 0 aliphatic carbocycles. The minimum atomic E-state index is -4.45. The summed E-state index contributed by atoms with van der Waals surface area (Å²) in [6.45, 7) is 0.146. The van der Waals surface area contributed by atoms with Crippen molar-refractivity contribution in [1.29, 1.82) is 0 Å².